The highest BCUT2D eigenvalue weighted by Gasteiger charge is 2.15. The Morgan fingerprint density at radius 3 is 2.00 bits per heavy atom. The predicted molar refractivity (Wildman–Crippen MR) is 120 cm³/mol. The Hall–Kier alpha value is -3.47. The summed E-state index contributed by atoms with van der Waals surface area (Å²) in [5, 5.41) is 12.6. The fourth-order valence-corrected chi connectivity index (χ4v) is 3.18. The number of methoxy groups -OCH3 is 2. The van der Waals surface area contributed by atoms with Crippen LogP contribution in [0.4, 0.5) is 10.1 Å². The Labute approximate surface area is 176 Å². The van der Waals surface area contributed by atoms with Gasteiger partial charge in [-0.3, -0.25) is 0 Å². The summed E-state index contributed by atoms with van der Waals surface area (Å²) in [6, 6.07) is 15.6. The number of aromatic hydroxyl groups is 1. The molecule has 5 heteroatoms. The lowest BCUT2D eigenvalue weighted by molar-refractivity contribution is 0.406. The van der Waals surface area contributed by atoms with E-state index >= 15 is 0 Å². The largest absolute Gasteiger partial charge is 0.508 e. The Morgan fingerprint density at radius 1 is 0.900 bits per heavy atom. The van der Waals surface area contributed by atoms with Crippen LogP contribution in [-0.4, -0.2) is 25.9 Å². The molecule has 3 aromatic rings. The monoisotopic (exact) mass is 407 g/mol. The highest BCUT2D eigenvalue weighted by molar-refractivity contribution is 5.82. The lowest BCUT2D eigenvalue weighted by atomic mass is 9.97. The van der Waals surface area contributed by atoms with E-state index in [4.69, 9.17) is 9.47 Å². The molecule has 0 aliphatic carbocycles. The van der Waals surface area contributed by atoms with Crippen molar-refractivity contribution in [2.75, 3.05) is 26.1 Å². The first-order valence-corrected chi connectivity index (χ1v) is 9.65. The topological polar surface area (TPSA) is 50.7 Å². The van der Waals surface area contributed by atoms with Gasteiger partial charge >= 0.3 is 0 Å². The third-order valence-electron chi connectivity index (χ3n) is 4.78. The van der Waals surface area contributed by atoms with Crippen molar-refractivity contribution in [3.63, 3.8) is 0 Å². The van der Waals surface area contributed by atoms with Crippen molar-refractivity contribution < 1.29 is 19.0 Å². The lowest BCUT2D eigenvalue weighted by Crippen LogP contribution is -2.01. The highest BCUT2D eigenvalue weighted by atomic mass is 19.1. The van der Waals surface area contributed by atoms with Crippen LogP contribution >= 0.6 is 0 Å². The molecule has 0 unspecified atom stereocenters. The van der Waals surface area contributed by atoms with Gasteiger partial charge < -0.3 is 19.9 Å². The van der Waals surface area contributed by atoms with Gasteiger partial charge in [-0.25, -0.2) is 4.39 Å². The maximum absolute atomic E-state index is 14.7. The summed E-state index contributed by atoms with van der Waals surface area (Å²) in [6.07, 6.45) is 2.00. The van der Waals surface area contributed by atoms with Crippen LogP contribution in [0.15, 0.2) is 66.2 Å². The summed E-state index contributed by atoms with van der Waals surface area (Å²) in [5.74, 6) is 1.08. The van der Waals surface area contributed by atoms with Crippen molar-refractivity contribution in [2.45, 2.75) is 13.8 Å². The van der Waals surface area contributed by atoms with Gasteiger partial charge in [0.05, 0.1) is 19.9 Å². The number of anilines is 1. The fourth-order valence-electron chi connectivity index (χ4n) is 3.18. The molecule has 0 radical (unpaired) electrons. The zero-order valence-corrected chi connectivity index (χ0v) is 17.6. The summed E-state index contributed by atoms with van der Waals surface area (Å²) in [5.41, 5.74) is 4.73. The second-order valence-electron chi connectivity index (χ2n) is 7.16. The Kier molecular flexibility index (Phi) is 6.62. The van der Waals surface area contributed by atoms with E-state index in [2.05, 4.69) is 5.32 Å². The number of ether oxygens (including phenoxy) is 2. The van der Waals surface area contributed by atoms with Gasteiger partial charge in [0.1, 0.15) is 23.1 Å². The summed E-state index contributed by atoms with van der Waals surface area (Å²) >= 11 is 0. The summed E-state index contributed by atoms with van der Waals surface area (Å²) in [4.78, 5) is 0. The minimum absolute atomic E-state index is 0.190. The summed E-state index contributed by atoms with van der Waals surface area (Å²) < 4.78 is 25.9. The average Bonchev–Trinajstić information content (AvgIpc) is 2.74. The van der Waals surface area contributed by atoms with Gasteiger partial charge in [0, 0.05) is 17.7 Å². The Balaban J connectivity index is 2.00. The molecular formula is C25H26FNO3. The molecule has 0 amide bonds. The Bertz CT molecular complexity index is 1050. The van der Waals surface area contributed by atoms with Crippen LogP contribution in [0.1, 0.15) is 13.8 Å². The molecule has 0 aromatic heterocycles. The van der Waals surface area contributed by atoms with E-state index in [9.17, 15) is 9.50 Å². The van der Waals surface area contributed by atoms with Gasteiger partial charge in [0.2, 0.25) is 0 Å². The average molecular weight is 407 g/mol. The first-order valence-electron chi connectivity index (χ1n) is 9.65. The number of hydrogen-bond acceptors (Lipinski definition) is 4. The highest BCUT2D eigenvalue weighted by Crippen LogP contribution is 2.41. The summed E-state index contributed by atoms with van der Waals surface area (Å²) in [6.45, 7) is 4.57. The van der Waals surface area contributed by atoms with Gasteiger partial charge in [0.15, 0.2) is 0 Å². The molecule has 0 spiro atoms. The molecule has 0 fully saturated rings. The number of allylic oxidation sites excluding steroid dienone is 1. The number of benzene rings is 3. The van der Waals surface area contributed by atoms with E-state index in [1.165, 1.54) is 11.6 Å². The minimum atomic E-state index is -0.335. The van der Waals surface area contributed by atoms with E-state index in [1.54, 1.807) is 44.6 Å². The smallest absolute Gasteiger partial charge is 0.146 e. The van der Waals surface area contributed by atoms with Crippen molar-refractivity contribution in [3.05, 3.63) is 72.1 Å². The van der Waals surface area contributed by atoms with Crippen molar-refractivity contribution in [1.82, 2.24) is 0 Å². The Morgan fingerprint density at radius 2 is 1.47 bits per heavy atom. The molecule has 30 heavy (non-hydrogen) atoms. The van der Waals surface area contributed by atoms with Crippen LogP contribution < -0.4 is 14.8 Å². The van der Waals surface area contributed by atoms with E-state index in [-0.39, 0.29) is 11.6 Å². The number of hydrogen-bond donors (Lipinski definition) is 2. The molecule has 3 aromatic carbocycles. The third kappa shape index (κ3) is 4.74. The SMILES string of the molecule is COc1cc(-c2ccc(NCC=C(C)C)c(F)c2)c(OC)cc1-c1ccc(O)cc1. The second kappa shape index (κ2) is 9.35. The van der Waals surface area contributed by atoms with E-state index < -0.39 is 0 Å². The van der Waals surface area contributed by atoms with Crippen molar-refractivity contribution >= 4 is 5.69 Å². The lowest BCUT2D eigenvalue weighted by Gasteiger charge is -2.16. The molecule has 0 aliphatic heterocycles. The molecule has 156 valence electrons. The molecule has 0 saturated carbocycles. The van der Waals surface area contributed by atoms with Crippen molar-refractivity contribution in [1.29, 1.82) is 0 Å². The van der Waals surface area contributed by atoms with E-state index in [1.807, 2.05) is 38.1 Å². The molecule has 0 saturated heterocycles. The van der Waals surface area contributed by atoms with Crippen LogP contribution in [0, 0.1) is 5.82 Å². The van der Waals surface area contributed by atoms with Gasteiger partial charge in [-0.05, 0) is 61.4 Å². The predicted octanol–water partition coefficient (Wildman–Crippen LogP) is 6.26. The molecule has 0 heterocycles. The minimum Gasteiger partial charge on any atom is -0.508 e. The van der Waals surface area contributed by atoms with E-state index in [0.717, 1.165) is 16.7 Å². The standard InChI is InChI=1S/C25H26FNO3/c1-16(2)11-12-27-23-10-7-18(13-22(23)26)21-15-24(29-3)20(14-25(21)30-4)17-5-8-19(28)9-6-17/h5-11,13-15,27-28H,12H2,1-4H3. The van der Waals surface area contributed by atoms with Crippen molar-refractivity contribution in [2.24, 2.45) is 0 Å². The number of nitrogens with one attached hydrogen (secondary N) is 1. The number of halogens is 1. The number of phenolic OH excluding ortho intramolecular Hbond substituents is 1. The molecule has 0 bridgehead atoms. The van der Waals surface area contributed by atoms with Gasteiger partial charge in [0.25, 0.3) is 0 Å². The van der Waals surface area contributed by atoms with Crippen LogP contribution in [0.25, 0.3) is 22.3 Å². The van der Waals surface area contributed by atoms with Gasteiger partial charge in [-0.1, -0.05) is 29.8 Å². The molecular weight excluding hydrogens is 381 g/mol. The fraction of sp³-hybridized carbons (Fsp3) is 0.200. The second-order valence-corrected chi connectivity index (χ2v) is 7.16. The number of rotatable bonds is 7. The molecule has 3 rings (SSSR count). The van der Waals surface area contributed by atoms with Crippen LogP contribution in [0.2, 0.25) is 0 Å². The summed E-state index contributed by atoms with van der Waals surface area (Å²) in [7, 11) is 3.17. The number of phenols is 1. The normalized spacial score (nSPS) is 10.4. The molecule has 0 atom stereocenters. The third-order valence-corrected chi connectivity index (χ3v) is 4.78. The maximum atomic E-state index is 14.7. The van der Waals surface area contributed by atoms with Gasteiger partial charge in [-0.15, -0.1) is 0 Å². The van der Waals surface area contributed by atoms with Crippen LogP contribution in [0.5, 0.6) is 17.2 Å². The van der Waals surface area contributed by atoms with Crippen molar-refractivity contribution in [3.8, 4) is 39.5 Å². The van der Waals surface area contributed by atoms with E-state index in [0.29, 0.717) is 29.3 Å². The maximum Gasteiger partial charge on any atom is 0.146 e. The molecule has 4 nitrogen and oxygen atoms in total. The zero-order chi connectivity index (χ0) is 21.7. The quantitative estimate of drug-likeness (QED) is 0.454. The van der Waals surface area contributed by atoms with Gasteiger partial charge in [-0.2, -0.15) is 0 Å². The molecule has 2 N–H and O–H groups in total. The van der Waals surface area contributed by atoms with Crippen LogP contribution in [0.3, 0.4) is 0 Å². The molecule has 0 aliphatic rings. The first kappa shape index (κ1) is 21.2. The van der Waals surface area contributed by atoms with Crippen LogP contribution in [-0.2, 0) is 0 Å². The first-order chi connectivity index (χ1) is 14.4. The zero-order valence-electron chi connectivity index (χ0n) is 17.6.